The van der Waals surface area contributed by atoms with Crippen LogP contribution in [-0.4, -0.2) is 33.9 Å². The lowest BCUT2D eigenvalue weighted by atomic mass is 10.2. The number of carbonyl (C=O) groups excluding carboxylic acids is 2. The van der Waals surface area contributed by atoms with Gasteiger partial charge in [0, 0.05) is 23.5 Å². The van der Waals surface area contributed by atoms with Crippen LogP contribution < -0.4 is 15.4 Å². The second-order valence-corrected chi connectivity index (χ2v) is 10.2. The lowest BCUT2D eigenvalue weighted by Crippen LogP contribution is -2.42. The second-order valence-electron chi connectivity index (χ2n) is 7.07. The summed E-state index contributed by atoms with van der Waals surface area (Å²) in [4.78, 5) is 25.4. The first-order valence-electron chi connectivity index (χ1n) is 9.85. The van der Waals surface area contributed by atoms with Crippen molar-refractivity contribution in [3.63, 3.8) is 0 Å². The van der Waals surface area contributed by atoms with E-state index in [4.69, 9.17) is 4.74 Å². The summed E-state index contributed by atoms with van der Waals surface area (Å²) in [6, 6.07) is 17.1. The highest BCUT2D eigenvalue weighted by Gasteiger charge is 2.31. The maximum atomic E-state index is 13.2. The Kier molecular flexibility index (Phi) is 7.66. The van der Waals surface area contributed by atoms with Crippen molar-refractivity contribution < 1.29 is 22.7 Å². The van der Waals surface area contributed by atoms with Gasteiger partial charge in [-0.1, -0.05) is 42.0 Å². The van der Waals surface area contributed by atoms with Gasteiger partial charge in [0.25, 0.3) is 0 Å². The molecule has 2 aromatic carbocycles. The topological polar surface area (TPSA) is 102 Å². The highest BCUT2D eigenvalue weighted by atomic mass is 32.2. The summed E-state index contributed by atoms with van der Waals surface area (Å²) in [6.07, 6.45) is 0. The molecule has 2 N–H and O–H groups in total. The monoisotopic (exact) mass is 472 g/mol. The molecule has 7 nitrogen and oxygen atoms in total. The van der Waals surface area contributed by atoms with E-state index in [-0.39, 0.29) is 18.0 Å². The fourth-order valence-electron chi connectivity index (χ4n) is 3.10. The zero-order valence-electron chi connectivity index (χ0n) is 17.7. The van der Waals surface area contributed by atoms with Gasteiger partial charge < -0.3 is 15.4 Å². The standard InChI is InChI=1S/C23H24N2O5S2/c1-16-9-11-18(12-10-16)32(28,29)21(20-8-5-13-31-20)15-25-23(27)22(26)24-14-17-6-3-4-7-19(17)30-2/h3-13,21H,14-15H2,1-2H3,(H,24,26)(H,25,27). The van der Waals surface area contributed by atoms with Gasteiger partial charge in [-0.2, -0.15) is 0 Å². The molecule has 0 aliphatic heterocycles. The Morgan fingerprint density at radius 2 is 1.66 bits per heavy atom. The zero-order chi connectivity index (χ0) is 23.1. The number of aryl methyl sites for hydroxylation is 1. The van der Waals surface area contributed by atoms with Crippen LogP contribution in [-0.2, 0) is 26.0 Å². The summed E-state index contributed by atoms with van der Waals surface area (Å²) >= 11 is 1.28. The van der Waals surface area contributed by atoms with Gasteiger partial charge in [0.15, 0.2) is 9.84 Å². The van der Waals surface area contributed by atoms with Crippen LogP contribution in [0.25, 0.3) is 0 Å². The van der Waals surface area contributed by atoms with Crippen LogP contribution in [0.2, 0.25) is 0 Å². The van der Waals surface area contributed by atoms with Gasteiger partial charge in [-0.15, -0.1) is 11.3 Å². The van der Waals surface area contributed by atoms with E-state index in [0.717, 1.165) is 11.1 Å². The molecule has 0 aliphatic carbocycles. The number of benzene rings is 2. The van der Waals surface area contributed by atoms with Gasteiger partial charge in [-0.3, -0.25) is 9.59 Å². The highest BCUT2D eigenvalue weighted by molar-refractivity contribution is 7.91. The Balaban J connectivity index is 1.69. The first-order chi connectivity index (χ1) is 15.3. The third-order valence-corrected chi connectivity index (χ3v) is 8.10. The number of hydrogen-bond donors (Lipinski definition) is 2. The van der Waals surface area contributed by atoms with E-state index in [1.807, 2.05) is 6.92 Å². The summed E-state index contributed by atoms with van der Waals surface area (Å²) in [5.74, 6) is -1.16. The molecule has 9 heteroatoms. The van der Waals surface area contributed by atoms with E-state index in [2.05, 4.69) is 10.6 Å². The van der Waals surface area contributed by atoms with E-state index in [0.29, 0.717) is 10.6 Å². The lowest BCUT2D eigenvalue weighted by Gasteiger charge is -2.17. The van der Waals surface area contributed by atoms with E-state index in [9.17, 15) is 18.0 Å². The van der Waals surface area contributed by atoms with Crippen LogP contribution in [0.5, 0.6) is 5.75 Å². The third-order valence-electron chi connectivity index (χ3n) is 4.87. The molecular weight excluding hydrogens is 448 g/mol. The molecule has 0 spiro atoms. The number of rotatable bonds is 8. The quantitative estimate of drug-likeness (QED) is 0.491. The van der Waals surface area contributed by atoms with Crippen LogP contribution in [0.3, 0.4) is 0 Å². The van der Waals surface area contributed by atoms with Gasteiger partial charge >= 0.3 is 11.8 Å². The fourth-order valence-corrected chi connectivity index (χ4v) is 5.88. The predicted octanol–water partition coefficient (Wildman–Crippen LogP) is 3.01. The second kappa shape index (κ2) is 10.4. The fraction of sp³-hybridized carbons (Fsp3) is 0.217. The summed E-state index contributed by atoms with van der Waals surface area (Å²) in [5.41, 5.74) is 1.66. The van der Waals surface area contributed by atoms with Gasteiger partial charge in [-0.05, 0) is 36.6 Å². The summed E-state index contributed by atoms with van der Waals surface area (Å²) in [6.45, 7) is 1.75. The highest BCUT2D eigenvalue weighted by Crippen LogP contribution is 2.31. The number of hydrogen-bond acceptors (Lipinski definition) is 6. The molecule has 0 fully saturated rings. The average molecular weight is 473 g/mol. The molecule has 0 bridgehead atoms. The summed E-state index contributed by atoms with van der Waals surface area (Å²) in [5, 5.41) is 5.77. The Morgan fingerprint density at radius 1 is 0.969 bits per heavy atom. The molecule has 2 amide bonds. The molecule has 1 unspecified atom stereocenters. The summed E-state index contributed by atoms with van der Waals surface area (Å²) in [7, 11) is -2.26. The van der Waals surface area contributed by atoms with E-state index < -0.39 is 26.9 Å². The predicted molar refractivity (Wildman–Crippen MR) is 123 cm³/mol. The molecule has 168 valence electrons. The largest absolute Gasteiger partial charge is 0.496 e. The van der Waals surface area contributed by atoms with Crippen LogP contribution in [0.1, 0.15) is 21.3 Å². The van der Waals surface area contributed by atoms with Crippen molar-refractivity contribution in [1.29, 1.82) is 0 Å². The lowest BCUT2D eigenvalue weighted by molar-refractivity contribution is -0.139. The van der Waals surface area contributed by atoms with Crippen molar-refractivity contribution in [2.45, 2.75) is 23.6 Å². The number of methoxy groups -OCH3 is 1. The molecular formula is C23H24N2O5S2. The van der Waals surface area contributed by atoms with Crippen molar-refractivity contribution in [2.75, 3.05) is 13.7 Å². The Labute approximate surface area is 191 Å². The maximum absolute atomic E-state index is 13.2. The van der Waals surface area contributed by atoms with Crippen LogP contribution >= 0.6 is 11.3 Å². The Morgan fingerprint density at radius 3 is 2.31 bits per heavy atom. The van der Waals surface area contributed by atoms with E-state index in [1.165, 1.54) is 18.4 Å². The molecule has 1 atom stereocenters. The minimum atomic E-state index is -3.78. The van der Waals surface area contributed by atoms with Gasteiger partial charge in [0.1, 0.15) is 11.0 Å². The third kappa shape index (κ3) is 5.54. The Hall–Kier alpha value is -3.17. The van der Waals surface area contributed by atoms with Crippen molar-refractivity contribution in [1.82, 2.24) is 10.6 Å². The maximum Gasteiger partial charge on any atom is 0.309 e. The number of amides is 2. The van der Waals surface area contributed by atoms with Crippen LogP contribution in [0.4, 0.5) is 0 Å². The smallest absolute Gasteiger partial charge is 0.309 e. The molecule has 0 aliphatic rings. The van der Waals surface area contributed by atoms with Crippen molar-refractivity contribution >= 4 is 33.0 Å². The molecule has 1 aromatic heterocycles. The minimum absolute atomic E-state index is 0.103. The molecule has 0 saturated heterocycles. The Bertz CT molecular complexity index is 1170. The van der Waals surface area contributed by atoms with Crippen LogP contribution in [0, 0.1) is 6.92 Å². The molecule has 3 aromatic rings. The molecule has 3 rings (SSSR count). The van der Waals surface area contributed by atoms with Gasteiger partial charge in [0.2, 0.25) is 0 Å². The van der Waals surface area contributed by atoms with Crippen molar-refractivity contribution in [3.05, 3.63) is 82.0 Å². The van der Waals surface area contributed by atoms with Crippen LogP contribution in [0.15, 0.2) is 70.9 Å². The normalized spacial score (nSPS) is 12.1. The van der Waals surface area contributed by atoms with E-state index in [1.54, 1.807) is 66.0 Å². The molecule has 32 heavy (non-hydrogen) atoms. The number of sulfone groups is 1. The molecule has 0 saturated carbocycles. The summed E-state index contributed by atoms with van der Waals surface area (Å²) < 4.78 is 31.7. The SMILES string of the molecule is COc1ccccc1CNC(=O)C(=O)NCC(c1cccs1)S(=O)(=O)c1ccc(C)cc1. The average Bonchev–Trinajstić information content (AvgIpc) is 3.32. The number of carbonyl (C=O) groups is 2. The number of thiophene rings is 1. The zero-order valence-corrected chi connectivity index (χ0v) is 19.3. The molecule has 0 radical (unpaired) electrons. The van der Waals surface area contributed by atoms with Gasteiger partial charge in [0.05, 0.1) is 12.0 Å². The number of ether oxygens (including phenoxy) is 1. The number of nitrogens with one attached hydrogen (secondary N) is 2. The first-order valence-corrected chi connectivity index (χ1v) is 12.3. The molecule has 1 heterocycles. The van der Waals surface area contributed by atoms with Crippen molar-refractivity contribution in [3.8, 4) is 5.75 Å². The van der Waals surface area contributed by atoms with Crippen molar-refractivity contribution in [2.24, 2.45) is 0 Å². The van der Waals surface area contributed by atoms with Gasteiger partial charge in [-0.25, -0.2) is 8.42 Å². The van der Waals surface area contributed by atoms with E-state index >= 15 is 0 Å². The number of para-hydroxylation sites is 1. The first kappa shape index (κ1) is 23.5. The minimum Gasteiger partial charge on any atom is -0.496 e.